The van der Waals surface area contributed by atoms with Crippen molar-refractivity contribution in [2.75, 3.05) is 5.33 Å². The van der Waals surface area contributed by atoms with E-state index >= 15 is 0 Å². The number of rotatable bonds is 5. The quantitative estimate of drug-likeness (QED) is 0.426. The van der Waals surface area contributed by atoms with Crippen molar-refractivity contribution in [1.29, 1.82) is 0 Å². The van der Waals surface area contributed by atoms with Gasteiger partial charge in [0.25, 0.3) is 0 Å². The summed E-state index contributed by atoms with van der Waals surface area (Å²) < 4.78 is 0. The van der Waals surface area contributed by atoms with Crippen molar-refractivity contribution in [2.45, 2.75) is 29.0 Å². The molecule has 3 atom stereocenters. The minimum absolute atomic E-state index is 0.315. The van der Waals surface area contributed by atoms with Crippen LogP contribution in [0.15, 0.2) is 23.2 Å². The van der Waals surface area contributed by atoms with E-state index in [1.54, 1.807) is 11.1 Å². The first kappa shape index (κ1) is 16.3. The maximum atomic E-state index is 6.20. The zero-order valence-electron chi connectivity index (χ0n) is 8.48. The topological polar surface area (TPSA) is 0 Å². The molecule has 0 aromatic rings. The van der Waals surface area contributed by atoms with Gasteiger partial charge in [0, 0.05) is 5.33 Å². The predicted molar refractivity (Wildman–Crippen MR) is 79.2 cm³/mol. The molecule has 0 nitrogen and oxygen atoms in total. The van der Waals surface area contributed by atoms with Crippen LogP contribution >= 0.6 is 66.7 Å². The highest BCUT2D eigenvalue weighted by molar-refractivity contribution is 9.11. The van der Waals surface area contributed by atoms with E-state index in [2.05, 4.69) is 31.9 Å². The van der Waals surface area contributed by atoms with E-state index in [4.69, 9.17) is 34.8 Å². The molecule has 0 saturated heterocycles. The third kappa shape index (κ3) is 6.58. The molecule has 0 heterocycles. The largest absolute Gasteiger partial charge is 0.116 e. The lowest BCUT2D eigenvalue weighted by molar-refractivity contribution is 0.790. The van der Waals surface area contributed by atoms with Gasteiger partial charge >= 0.3 is 0 Å². The van der Waals surface area contributed by atoms with Crippen LogP contribution in [-0.2, 0) is 0 Å². The molecular weight excluding hydrogens is 386 g/mol. The number of halogens is 5. The van der Waals surface area contributed by atoms with Crippen LogP contribution in [0.3, 0.4) is 0 Å². The molecule has 0 saturated carbocycles. The van der Waals surface area contributed by atoms with E-state index in [1.807, 2.05) is 26.0 Å². The van der Waals surface area contributed by atoms with E-state index < -0.39 is 9.75 Å². The molecule has 0 aromatic carbocycles. The van der Waals surface area contributed by atoms with Gasteiger partial charge in [-0.05, 0) is 18.8 Å². The van der Waals surface area contributed by atoms with Crippen LogP contribution < -0.4 is 0 Å². The van der Waals surface area contributed by atoms with Gasteiger partial charge in [0.2, 0.25) is 0 Å². The summed E-state index contributed by atoms with van der Waals surface area (Å²) in [5.41, 5.74) is 0. The molecule has 0 fully saturated rings. The molecular formula is C10H13Br2Cl3. The van der Waals surface area contributed by atoms with Crippen molar-refractivity contribution in [3.8, 4) is 0 Å². The fourth-order valence-corrected chi connectivity index (χ4v) is 1.98. The molecule has 0 radical (unpaired) electrons. The predicted octanol–water partition coefficient (Wildman–Crippen LogP) is 5.45. The first-order valence-corrected chi connectivity index (χ1v) is 7.53. The van der Waals surface area contributed by atoms with E-state index in [-0.39, 0.29) is 5.38 Å². The van der Waals surface area contributed by atoms with Crippen LogP contribution in [0.4, 0.5) is 0 Å². The number of alkyl halides is 4. The van der Waals surface area contributed by atoms with Gasteiger partial charge in [0.1, 0.15) is 0 Å². The Hall–Kier alpha value is 1.31. The molecule has 0 aliphatic carbocycles. The summed E-state index contributed by atoms with van der Waals surface area (Å²) in [5, 5.41) is 0.347. The Morgan fingerprint density at radius 1 is 1.27 bits per heavy atom. The first-order valence-electron chi connectivity index (χ1n) is 4.30. The van der Waals surface area contributed by atoms with Gasteiger partial charge in [-0.1, -0.05) is 50.1 Å². The van der Waals surface area contributed by atoms with E-state index in [0.717, 1.165) is 0 Å². The summed E-state index contributed by atoms with van der Waals surface area (Å²) in [6.07, 6.45) is 5.45. The monoisotopic (exact) mass is 396 g/mol. The van der Waals surface area contributed by atoms with Crippen LogP contribution in [-0.4, -0.2) is 20.5 Å². The molecule has 0 rings (SSSR count). The van der Waals surface area contributed by atoms with Crippen molar-refractivity contribution < 1.29 is 0 Å². The molecule has 0 bridgehead atoms. The van der Waals surface area contributed by atoms with E-state index in [1.165, 1.54) is 0 Å². The summed E-state index contributed by atoms with van der Waals surface area (Å²) in [7, 11) is 0. The minimum atomic E-state index is -0.624. The third-order valence-corrected chi connectivity index (χ3v) is 4.89. The molecule has 0 spiro atoms. The lowest BCUT2D eigenvalue weighted by Gasteiger charge is -2.22. The Kier molecular flexibility index (Phi) is 7.51. The zero-order chi connectivity index (χ0) is 12.1. The lowest BCUT2D eigenvalue weighted by atomic mass is 10.0. The molecule has 0 aromatic heterocycles. The smallest absolute Gasteiger partial charge is 0.0804 e. The maximum absolute atomic E-state index is 6.20. The SMILES string of the molecule is CC(Cl)(/C=C/[C@H](Cl)[C@](C)(Cl)/C=C/Br)CBr. The highest BCUT2D eigenvalue weighted by Gasteiger charge is 2.26. The zero-order valence-corrected chi connectivity index (χ0v) is 13.9. The van der Waals surface area contributed by atoms with Gasteiger partial charge in [-0.3, -0.25) is 0 Å². The number of hydrogen-bond acceptors (Lipinski definition) is 0. The van der Waals surface area contributed by atoms with Crippen molar-refractivity contribution in [1.82, 2.24) is 0 Å². The summed E-state index contributed by atoms with van der Waals surface area (Å²) in [4.78, 5) is 0.645. The Morgan fingerprint density at radius 2 is 1.80 bits per heavy atom. The molecule has 0 N–H and O–H groups in total. The second kappa shape index (κ2) is 6.90. The first-order chi connectivity index (χ1) is 6.75. The summed E-state index contributed by atoms with van der Waals surface area (Å²) in [6, 6.07) is 0. The molecule has 5 heteroatoms. The Bertz CT molecular complexity index is 247. The van der Waals surface area contributed by atoms with Gasteiger partial charge in [-0.25, -0.2) is 0 Å². The van der Waals surface area contributed by atoms with Crippen LogP contribution in [0.5, 0.6) is 0 Å². The standard InChI is InChI=1S/C10H13Br2Cl3/c1-9(14,7-12)4-3-8(13)10(2,15)5-6-11/h3-6,8H,7H2,1-2H3/b4-3+,6-5+/t8-,9?,10+/m0/s1. The molecule has 1 unspecified atom stereocenters. The summed E-state index contributed by atoms with van der Waals surface area (Å²) in [5.74, 6) is 0. The van der Waals surface area contributed by atoms with Crippen LogP contribution in [0, 0.1) is 0 Å². The van der Waals surface area contributed by atoms with Gasteiger partial charge in [0.15, 0.2) is 0 Å². The van der Waals surface area contributed by atoms with Crippen molar-refractivity contribution in [2.24, 2.45) is 0 Å². The number of hydrogen-bond donors (Lipinski definition) is 0. The average Bonchev–Trinajstić information content (AvgIpc) is 2.14. The van der Waals surface area contributed by atoms with Crippen molar-refractivity contribution in [3.05, 3.63) is 23.2 Å². The molecule has 0 aliphatic heterocycles. The van der Waals surface area contributed by atoms with Crippen LogP contribution in [0.2, 0.25) is 0 Å². The van der Waals surface area contributed by atoms with Crippen molar-refractivity contribution in [3.63, 3.8) is 0 Å². The average molecular weight is 399 g/mol. The number of allylic oxidation sites excluding steroid dienone is 3. The van der Waals surface area contributed by atoms with E-state index in [9.17, 15) is 0 Å². The van der Waals surface area contributed by atoms with Gasteiger partial charge in [0.05, 0.1) is 15.1 Å². The highest BCUT2D eigenvalue weighted by atomic mass is 79.9. The Labute approximate surface area is 123 Å². The maximum Gasteiger partial charge on any atom is 0.0804 e. The van der Waals surface area contributed by atoms with Crippen molar-refractivity contribution >= 4 is 66.7 Å². The summed E-state index contributed by atoms with van der Waals surface area (Å²) >= 11 is 25.0. The summed E-state index contributed by atoms with van der Waals surface area (Å²) in [6.45, 7) is 3.74. The normalized spacial score (nSPS) is 22.9. The van der Waals surface area contributed by atoms with Gasteiger partial charge < -0.3 is 0 Å². The Morgan fingerprint density at radius 3 is 2.20 bits per heavy atom. The molecule has 15 heavy (non-hydrogen) atoms. The molecule has 0 amide bonds. The van der Waals surface area contributed by atoms with Crippen LogP contribution in [0.1, 0.15) is 13.8 Å². The van der Waals surface area contributed by atoms with Gasteiger partial charge in [-0.15, -0.1) is 34.8 Å². The fourth-order valence-electron chi connectivity index (χ4n) is 0.733. The van der Waals surface area contributed by atoms with Crippen LogP contribution in [0.25, 0.3) is 0 Å². The fraction of sp³-hybridized carbons (Fsp3) is 0.600. The Balaban J connectivity index is 4.55. The third-order valence-electron chi connectivity index (χ3n) is 1.80. The van der Waals surface area contributed by atoms with Gasteiger partial charge in [-0.2, -0.15) is 0 Å². The van der Waals surface area contributed by atoms with E-state index in [0.29, 0.717) is 5.33 Å². The second-order valence-electron chi connectivity index (χ2n) is 3.62. The highest BCUT2D eigenvalue weighted by Crippen LogP contribution is 2.29. The second-order valence-corrected chi connectivity index (χ2v) is 6.85. The lowest BCUT2D eigenvalue weighted by Crippen LogP contribution is -2.26. The minimum Gasteiger partial charge on any atom is -0.116 e. The molecule has 88 valence electrons. The molecule has 0 aliphatic rings.